The zero-order valence-electron chi connectivity index (χ0n) is 9.29. The van der Waals surface area contributed by atoms with Crippen molar-refractivity contribution in [2.24, 2.45) is 11.8 Å². The van der Waals surface area contributed by atoms with Gasteiger partial charge in [-0.1, -0.05) is 13.3 Å². The minimum atomic E-state index is 0.821. The highest BCUT2D eigenvalue weighted by Crippen LogP contribution is 2.39. The predicted molar refractivity (Wildman–Crippen MR) is 56.8 cm³/mol. The van der Waals surface area contributed by atoms with Crippen LogP contribution in [0.1, 0.15) is 46.0 Å². The van der Waals surface area contributed by atoms with E-state index in [-0.39, 0.29) is 0 Å². The minimum absolute atomic E-state index is 0.821. The van der Waals surface area contributed by atoms with Gasteiger partial charge in [-0.25, -0.2) is 0 Å². The first-order chi connectivity index (χ1) is 6.20. The molecule has 0 N–H and O–H groups in total. The summed E-state index contributed by atoms with van der Waals surface area (Å²) in [6, 6.07) is 1.72. The molecule has 4 atom stereocenters. The molecule has 2 fully saturated rings. The zero-order chi connectivity index (χ0) is 9.42. The van der Waals surface area contributed by atoms with Crippen LogP contribution in [0.2, 0.25) is 0 Å². The molecule has 0 aromatic rings. The van der Waals surface area contributed by atoms with Gasteiger partial charge in [0.2, 0.25) is 0 Å². The van der Waals surface area contributed by atoms with Gasteiger partial charge in [-0.05, 0) is 51.5 Å². The second-order valence-corrected chi connectivity index (χ2v) is 5.25. The number of hydrogen-bond acceptors (Lipinski definition) is 1. The van der Waals surface area contributed by atoms with Crippen LogP contribution in [0.15, 0.2) is 0 Å². The molecule has 1 saturated heterocycles. The van der Waals surface area contributed by atoms with Gasteiger partial charge in [0.1, 0.15) is 0 Å². The number of fused-ring (bicyclic) bond motifs is 1. The van der Waals surface area contributed by atoms with Gasteiger partial charge in [0.15, 0.2) is 0 Å². The number of rotatable bonds is 0. The van der Waals surface area contributed by atoms with Gasteiger partial charge in [-0.3, -0.25) is 0 Å². The summed E-state index contributed by atoms with van der Waals surface area (Å²) in [5.74, 6) is 1.96. The van der Waals surface area contributed by atoms with Gasteiger partial charge in [0, 0.05) is 12.1 Å². The van der Waals surface area contributed by atoms with Crippen molar-refractivity contribution in [1.29, 1.82) is 0 Å². The van der Waals surface area contributed by atoms with E-state index < -0.39 is 0 Å². The quantitative estimate of drug-likeness (QED) is 0.555. The summed E-state index contributed by atoms with van der Waals surface area (Å²) in [4.78, 5) is 2.65. The average molecular weight is 181 g/mol. The van der Waals surface area contributed by atoms with Crippen molar-refractivity contribution >= 4 is 0 Å². The molecule has 76 valence electrons. The van der Waals surface area contributed by atoms with Gasteiger partial charge < -0.3 is 4.90 Å². The Kier molecular flexibility index (Phi) is 2.64. The summed E-state index contributed by atoms with van der Waals surface area (Å²) in [6.07, 6.45) is 7.33. The van der Waals surface area contributed by atoms with Gasteiger partial charge in [-0.2, -0.15) is 0 Å². The molecule has 2 rings (SSSR count). The van der Waals surface area contributed by atoms with Gasteiger partial charge in [0.05, 0.1) is 0 Å². The standard InChI is InChI=1S/C12H23N/c1-9-5-4-6-11-8-7-10(2)13(3)12(9)11/h9-12H,4-8H2,1-3H3/t9-,10-,11+,12-/m0/s1. The summed E-state index contributed by atoms with van der Waals surface area (Å²) < 4.78 is 0. The smallest absolute Gasteiger partial charge is 0.0149 e. The summed E-state index contributed by atoms with van der Waals surface area (Å²) in [6.45, 7) is 4.84. The van der Waals surface area contributed by atoms with Crippen LogP contribution in [-0.4, -0.2) is 24.0 Å². The third-order valence-corrected chi connectivity index (χ3v) is 4.42. The molecule has 0 radical (unpaired) electrons. The summed E-state index contributed by atoms with van der Waals surface area (Å²) in [5, 5.41) is 0. The number of hydrogen-bond donors (Lipinski definition) is 0. The van der Waals surface area contributed by atoms with Crippen LogP contribution in [0.4, 0.5) is 0 Å². The van der Waals surface area contributed by atoms with Crippen LogP contribution in [0.3, 0.4) is 0 Å². The Bertz CT molecular complexity index is 176. The molecule has 0 bridgehead atoms. The number of nitrogens with zero attached hydrogens (tertiary/aromatic N) is 1. The molecular formula is C12H23N. The highest BCUT2D eigenvalue weighted by Gasteiger charge is 2.38. The third-order valence-electron chi connectivity index (χ3n) is 4.42. The van der Waals surface area contributed by atoms with Crippen LogP contribution < -0.4 is 0 Å². The van der Waals surface area contributed by atoms with E-state index in [1.165, 1.54) is 32.1 Å². The Balaban J connectivity index is 2.10. The fraction of sp³-hybridized carbons (Fsp3) is 1.00. The first kappa shape index (κ1) is 9.51. The van der Waals surface area contributed by atoms with Gasteiger partial charge in [0.25, 0.3) is 0 Å². The first-order valence-electron chi connectivity index (χ1n) is 5.92. The van der Waals surface area contributed by atoms with Gasteiger partial charge >= 0.3 is 0 Å². The largest absolute Gasteiger partial charge is 0.300 e. The molecule has 0 spiro atoms. The van der Waals surface area contributed by atoms with Crippen molar-refractivity contribution in [3.8, 4) is 0 Å². The molecule has 1 nitrogen and oxygen atoms in total. The Labute approximate surface area is 82.5 Å². The van der Waals surface area contributed by atoms with E-state index >= 15 is 0 Å². The Morgan fingerprint density at radius 2 is 1.77 bits per heavy atom. The topological polar surface area (TPSA) is 3.24 Å². The molecule has 1 aliphatic carbocycles. The number of likely N-dealkylation sites (tertiary alicyclic amines) is 1. The van der Waals surface area contributed by atoms with Crippen LogP contribution in [0.5, 0.6) is 0 Å². The van der Waals surface area contributed by atoms with Crippen LogP contribution >= 0.6 is 0 Å². The van der Waals surface area contributed by atoms with Crippen molar-refractivity contribution in [3.05, 3.63) is 0 Å². The monoisotopic (exact) mass is 181 g/mol. The number of piperidine rings is 1. The van der Waals surface area contributed by atoms with Crippen molar-refractivity contribution in [1.82, 2.24) is 4.90 Å². The lowest BCUT2D eigenvalue weighted by atomic mass is 9.72. The molecule has 1 aliphatic heterocycles. The molecule has 13 heavy (non-hydrogen) atoms. The van der Waals surface area contributed by atoms with E-state index in [1.54, 1.807) is 0 Å². The second-order valence-electron chi connectivity index (χ2n) is 5.25. The lowest BCUT2D eigenvalue weighted by Gasteiger charge is -2.49. The fourth-order valence-electron chi connectivity index (χ4n) is 3.51. The van der Waals surface area contributed by atoms with E-state index in [0.717, 1.165) is 23.9 Å². The molecule has 2 aliphatic rings. The van der Waals surface area contributed by atoms with Crippen molar-refractivity contribution in [2.45, 2.75) is 58.0 Å². The summed E-state index contributed by atoms with van der Waals surface area (Å²) in [7, 11) is 2.34. The van der Waals surface area contributed by atoms with E-state index in [0.29, 0.717) is 0 Å². The van der Waals surface area contributed by atoms with Crippen molar-refractivity contribution in [3.63, 3.8) is 0 Å². The fourth-order valence-corrected chi connectivity index (χ4v) is 3.51. The highest BCUT2D eigenvalue weighted by molar-refractivity contribution is 4.92. The summed E-state index contributed by atoms with van der Waals surface area (Å²) in [5.41, 5.74) is 0. The Morgan fingerprint density at radius 1 is 1.00 bits per heavy atom. The molecule has 0 aromatic carbocycles. The van der Waals surface area contributed by atoms with E-state index in [9.17, 15) is 0 Å². The van der Waals surface area contributed by atoms with Crippen molar-refractivity contribution < 1.29 is 0 Å². The maximum atomic E-state index is 2.65. The lowest BCUT2D eigenvalue weighted by Crippen LogP contribution is -2.52. The van der Waals surface area contributed by atoms with Crippen molar-refractivity contribution in [2.75, 3.05) is 7.05 Å². The Morgan fingerprint density at radius 3 is 2.54 bits per heavy atom. The maximum Gasteiger partial charge on any atom is 0.0149 e. The zero-order valence-corrected chi connectivity index (χ0v) is 9.29. The molecule has 0 unspecified atom stereocenters. The molecule has 0 amide bonds. The van der Waals surface area contributed by atoms with Gasteiger partial charge in [-0.15, -0.1) is 0 Å². The summed E-state index contributed by atoms with van der Waals surface area (Å²) >= 11 is 0. The molecule has 1 heterocycles. The molecule has 1 saturated carbocycles. The average Bonchev–Trinajstić information content (AvgIpc) is 2.12. The van der Waals surface area contributed by atoms with Crippen LogP contribution in [0, 0.1) is 11.8 Å². The molecular weight excluding hydrogens is 158 g/mol. The maximum absolute atomic E-state index is 2.65. The SMILES string of the molecule is C[C@H]1CCC[C@@H]2CC[C@H](C)N(C)[C@H]21. The lowest BCUT2D eigenvalue weighted by molar-refractivity contribution is 0.0116. The van der Waals surface area contributed by atoms with Crippen LogP contribution in [0.25, 0.3) is 0 Å². The van der Waals surface area contributed by atoms with E-state index in [1.807, 2.05) is 0 Å². The second kappa shape index (κ2) is 3.61. The first-order valence-corrected chi connectivity index (χ1v) is 5.92. The van der Waals surface area contributed by atoms with E-state index in [2.05, 4.69) is 25.8 Å². The Hall–Kier alpha value is -0.0400. The normalized spacial score (nSPS) is 47.3. The molecule has 0 aromatic heterocycles. The van der Waals surface area contributed by atoms with Crippen LogP contribution in [-0.2, 0) is 0 Å². The predicted octanol–water partition coefficient (Wildman–Crippen LogP) is 2.91. The van der Waals surface area contributed by atoms with E-state index in [4.69, 9.17) is 0 Å². The molecule has 1 heteroatoms. The minimum Gasteiger partial charge on any atom is -0.300 e. The third kappa shape index (κ3) is 1.63. The highest BCUT2D eigenvalue weighted by atomic mass is 15.2.